The van der Waals surface area contributed by atoms with Crippen molar-refractivity contribution in [3.63, 3.8) is 0 Å². The van der Waals surface area contributed by atoms with Crippen molar-refractivity contribution in [2.24, 2.45) is 0 Å². The van der Waals surface area contributed by atoms with Gasteiger partial charge >= 0.3 is 0 Å². The predicted molar refractivity (Wildman–Crippen MR) is 89.8 cm³/mol. The van der Waals surface area contributed by atoms with Crippen molar-refractivity contribution in [3.8, 4) is 0 Å². The summed E-state index contributed by atoms with van der Waals surface area (Å²) >= 11 is 9.78. The van der Waals surface area contributed by atoms with Gasteiger partial charge in [0.25, 0.3) is 0 Å². The summed E-state index contributed by atoms with van der Waals surface area (Å²) in [7, 11) is 0. The number of piperidine rings is 2. The molecule has 2 heterocycles. The van der Waals surface area contributed by atoms with E-state index in [9.17, 15) is 0 Å². The van der Waals surface area contributed by atoms with Gasteiger partial charge in [0.1, 0.15) is 0 Å². The van der Waals surface area contributed by atoms with Crippen molar-refractivity contribution in [2.75, 3.05) is 11.4 Å². The maximum Gasteiger partial charge on any atom is 0.0516 e. The van der Waals surface area contributed by atoms with Crippen molar-refractivity contribution < 1.29 is 0 Å². The van der Waals surface area contributed by atoms with Crippen LogP contribution in [-0.2, 0) is 0 Å². The quantitative estimate of drug-likeness (QED) is 0.850. The lowest BCUT2D eigenvalue weighted by Gasteiger charge is -2.50. The van der Waals surface area contributed by atoms with Gasteiger partial charge in [-0.25, -0.2) is 0 Å². The van der Waals surface area contributed by atoms with Crippen LogP contribution in [0.4, 0.5) is 5.69 Å². The summed E-state index contributed by atoms with van der Waals surface area (Å²) < 4.78 is 1.13. The van der Waals surface area contributed by atoms with Gasteiger partial charge in [-0.15, -0.1) is 0 Å². The Balaban J connectivity index is 1.86. The minimum Gasteiger partial charge on any atom is -0.365 e. The smallest absolute Gasteiger partial charge is 0.0516 e. The van der Waals surface area contributed by atoms with Gasteiger partial charge in [0, 0.05) is 27.6 Å². The maximum atomic E-state index is 6.08. The van der Waals surface area contributed by atoms with Crippen LogP contribution in [-0.4, -0.2) is 24.7 Å². The molecule has 4 heteroatoms. The Labute approximate surface area is 135 Å². The first-order valence-corrected chi connectivity index (χ1v) is 8.83. The van der Waals surface area contributed by atoms with Crippen LogP contribution in [0.5, 0.6) is 0 Å². The van der Waals surface area contributed by atoms with E-state index in [-0.39, 0.29) is 0 Å². The van der Waals surface area contributed by atoms with Crippen LogP contribution in [0.15, 0.2) is 22.7 Å². The number of hydrogen-bond acceptors (Lipinski definition) is 2. The van der Waals surface area contributed by atoms with Crippen LogP contribution in [0.2, 0.25) is 5.02 Å². The molecule has 0 aliphatic carbocycles. The van der Waals surface area contributed by atoms with E-state index in [1.807, 2.05) is 12.1 Å². The first-order chi connectivity index (χ1) is 9.69. The second kappa shape index (κ2) is 6.25. The number of fused-ring (bicyclic) bond motifs is 2. The third kappa shape index (κ3) is 2.86. The van der Waals surface area contributed by atoms with Crippen LogP contribution in [0, 0.1) is 0 Å². The number of anilines is 1. The van der Waals surface area contributed by atoms with Gasteiger partial charge in [-0.05, 0) is 72.8 Å². The standard InChI is InChI=1S/C16H22BrClN2/c1-2-19-12-9-13-4-3-5-14(10-12)20(13)16-7-6-11(18)8-15(16)17/h6-8,12-14,19H,2-5,9-10H2,1H3. The fourth-order valence-corrected chi connectivity index (χ4v) is 4.81. The molecule has 0 saturated carbocycles. The van der Waals surface area contributed by atoms with E-state index in [1.54, 1.807) is 0 Å². The van der Waals surface area contributed by atoms with E-state index < -0.39 is 0 Å². The zero-order valence-corrected chi connectivity index (χ0v) is 14.3. The molecule has 2 aliphatic heterocycles. The van der Waals surface area contributed by atoms with Crippen LogP contribution in [0.3, 0.4) is 0 Å². The molecule has 2 atom stereocenters. The summed E-state index contributed by atoms with van der Waals surface area (Å²) in [4.78, 5) is 2.65. The summed E-state index contributed by atoms with van der Waals surface area (Å²) in [5, 5.41) is 4.45. The van der Waals surface area contributed by atoms with E-state index in [0.29, 0.717) is 18.1 Å². The lowest BCUT2D eigenvalue weighted by molar-refractivity contribution is 0.247. The molecule has 0 radical (unpaired) electrons. The highest BCUT2D eigenvalue weighted by atomic mass is 79.9. The van der Waals surface area contributed by atoms with Crippen LogP contribution < -0.4 is 10.2 Å². The molecule has 0 spiro atoms. The molecular formula is C16H22BrClN2. The van der Waals surface area contributed by atoms with Crippen LogP contribution in [0.25, 0.3) is 0 Å². The number of nitrogens with one attached hydrogen (secondary N) is 1. The lowest BCUT2D eigenvalue weighted by Crippen LogP contribution is -2.56. The Hall–Kier alpha value is -0.250. The highest BCUT2D eigenvalue weighted by molar-refractivity contribution is 9.10. The molecule has 1 aromatic carbocycles. The Bertz CT molecular complexity index is 466. The third-order valence-electron chi connectivity index (χ3n) is 4.66. The minimum atomic E-state index is 0.670. The second-order valence-corrected chi connectivity index (χ2v) is 7.26. The van der Waals surface area contributed by atoms with Crippen LogP contribution in [0.1, 0.15) is 39.0 Å². The first-order valence-electron chi connectivity index (χ1n) is 7.65. The fraction of sp³-hybridized carbons (Fsp3) is 0.625. The van der Waals surface area contributed by atoms with Gasteiger partial charge in [0.05, 0.1) is 5.69 Å². The molecule has 2 aliphatic rings. The summed E-state index contributed by atoms with van der Waals surface area (Å²) in [5.74, 6) is 0. The zero-order valence-electron chi connectivity index (χ0n) is 11.9. The highest BCUT2D eigenvalue weighted by Crippen LogP contribution is 2.41. The van der Waals surface area contributed by atoms with Crippen molar-refractivity contribution in [1.29, 1.82) is 0 Å². The first kappa shape index (κ1) is 14.7. The monoisotopic (exact) mass is 356 g/mol. The lowest BCUT2D eigenvalue weighted by atomic mass is 9.81. The number of nitrogens with zero attached hydrogens (tertiary/aromatic N) is 1. The average Bonchev–Trinajstić information content (AvgIpc) is 2.39. The molecule has 3 rings (SSSR count). The van der Waals surface area contributed by atoms with E-state index >= 15 is 0 Å². The number of hydrogen-bond donors (Lipinski definition) is 1. The highest BCUT2D eigenvalue weighted by Gasteiger charge is 2.38. The molecule has 2 nitrogen and oxygen atoms in total. The van der Waals surface area contributed by atoms with Gasteiger partial charge in [-0.1, -0.05) is 18.5 Å². The fourth-order valence-electron chi connectivity index (χ4n) is 3.92. The molecule has 0 aromatic heterocycles. The minimum absolute atomic E-state index is 0.670. The molecule has 2 fully saturated rings. The Kier molecular flexibility index (Phi) is 4.58. The molecule has 2 unspecified atom stereocenters. The van der Waals surface area contributed by atoms with Crippen molar-refractivity contribution in [1.82, 2.24) is 5.32 Å². The molecule has 110 valence electrons. The van der Waals surface area contributed by atoms with Gasteiger partial charge in [0.15, 0.2) is 0 Å². The van der Waals surface area contributed by atoms with Crippen molar-refractivity contribution in [2.45, 2.75) is 57.2 Å². The second-order valence-electron chi connectivity index (χ2n) is 5.97. The van der Waals surface area contributed by atoms with E-state index in [4.69, 9.17) is 11.6 Å². The van der Waals surface area contributed by atoms with Gasteiger partial charge < -0.3 is 10.2 Å². The Morgan fingerprint density at radius 2 is 2.00 bits per heavy atom. The summed E-state index contributed by atoms with van der Waals surface area (Å²) in [5.41, 5.74) is 1.32. The Morgan fingerprint density at radius 3 is 2.60 bits per heavy atom. The summed E-state index contributed by atoms with van der Waals surface area (Å²) in [6.45, 7) is 3.28. The number of halogens is 2. The zero-order chi connectivity index (χ0) is 14.1. The molecule has 20 heavy (non-hydrogen) atoms. The molecule has 2 saturated heterocycles. The van der Waals surface area contributed by atoms with Crippen molar-refractivity contribution in [3.05, 3.63) is 27.7 Å². The van der Waals surface area contributed by atoms with Crippen LogP contribution >= 0.6 is 27.5 Å². The largest absolute Gasteiger partial charge is 0.365 e. The van der Waals surface area contributed by atoms with Crippen molar-refractivity contribution >= 4 is 33.2 Å². The molecule has 2 bridgehead atoms. The molecule has 0 amide bonds. The van der Waals surface area contributed by atoms with Gasteiger partial charge in [-0.2, -0.15) is 0 Å². The normalized spacial score (nSPS) is 29.6. The summed E-state index contributed by atoms with van der Waals surface area (Å²) in [6, 6.07) is 8.23. The molecule has 1 aromatic rings. The Morgan fingerprint density at radius 1 is 1.30 bits per heavy atom. The SMILES string of the molecule is CCNC1CC2CCCC(C1)N2c1ccc(Cl)cc1Br. The predicted octanol–water partition coefficient (Wildman–Crippen LogP) is 4.60. The van der Waals surface area contributed by atoms with E-state index in [2.05, 4.69) is 39.1 Å². The average molecular weight is 358 g/mol. The van der Waals surface area contributed by atoms with E-state index in [1.165, 1.54) is 37.8 Å². The number of benzene rings is 1. The topological polar surface area (TPSA) is 15.3 Å². The molecular weight excluding hydrogens is 336 g/mol. The maximum absolute atomic E-state index is 6.08. The van der Waals surface area contributed by atoms with Gasteiger partial charge in [0.2, 0.25) is 0 Å². The van der Waals surface area contributed by atoms with Gasteiger partial charge in [-0.3, -0.25) is 0 Å². The summed E-state index contributed by atoms with van der Waals surface area (Å²) in [6.07, 6.45) is 6.52. The van der Waals surface area contributed by atoms with E-state index in [0.717, 1.165) is 16.0 Å². The third-order valence-corrected chi connectivity index (χ3v) is 5.53. The molecule has 1 N–H and O–H groups in total. The number of rotatable bonds is 3.